The van der Waals surface area contributed by atoms with Crippen molar-refractivity contribution in [3.05, 3.63) is 40.5 Å². The molecule has 0 spiro atoms. The second kappa shape index (κ2) is 8.73. The standard InChI is InChI=1S/C21H27N3O3S/c1-14(2)27-21(26)19-16-7-5-6-8-17(16)28-20(19)22-18(25)13-24-11-9-15(10-12-24)23(3)4/h9-12,14H,5-8,13H2,1-4H3/p+1. The molecule has 0 unspecified atom stereocenters. The van der Waals surface area contributed by atoms with Crippen LogP contribution in [0.15, 0.2) is 24.5 Å². The van der Waals surface area contributed by atoms with Gasteiger partial charge in [0.25, 0.3) is 5.91 Å². The Morgan fingerprint density at radius 2 is 1.89 bits per heavy atom. The first-order valence-electron chi connectivity index (χ1n) is 9.67. The highest BCUT2D eigenvalue weighted by atomic mass is 32.1. The highest BCUT2D eigenvalue weighted by Crippen LogP contribution is 2.38. The van der Waals surface area contributed by atoms with Gasteiger partial charge < -0.3 is 15.0 Å². The third kappa shape index (κ3) is 4.70. The van der Waals surface area contributed by atoms with Crippen molar-refractivity contribution in [1.29, 1.82) is 0 Å². The zero-order chi connectivity index (χ0) is 20.3. The molecule has 1 aliphatic rings. The molecule has 1 aliphatic carbocycles. The van der Waals surface area contributed by atoms with Crippen molar-refractivity contribution in [3.8, 4) is 0 Å². The fraction of sp³-hybridized carbons (Fsp3) is 0.476. The molecule has 150 valence electrons. The van der Waals surface area contributed by atoms with Gasteiger partial charge in [0.05, 0.1) is 11.7 Å². The van der Waals surface area contributed by atoms with Crippen molar-refractivity contribution in [2.45, 2.75) is 52.2 Å². The fourth-order valence-electron chi connectivity index (χ4n) is 3.33. The van der Waals surface area contributed by atoms with Crippen LogP contribution in [0.2, 0.25) is 0 Å². The Kier molecular flexibility index (Phi) is 6.34. The summed E-state index contributed by atoms with van der Waals surface area (Å²) in [6.07, 6.45) is 7.57. The van der Waals surface area contributed by atoms with Crippen LogP contribution in [0.3, 0.4) is 0 Å². The van der Waals surface area contributed by atoms with E-state index in [-0.39, 0.29) is 24.5 Å². The number of nitrogens with one attached hydrogen (secondary N) is 1. The lowest BCUT2D eigenvalue weighted by Crippen LogP contribution is -2.39. The summed E-state index contributed by atoms with van der Waals surface area (Å²) in [6, 6.07) is 3.92. The van der Waals surface area contributed by atoms with E-state index in [1.165, 1.54) is 16.2 Å². The van der Waals surface area contributed by atoms with Crippen molar-refractivity contribution < 1.29 is 18.9 Å². The fourth-order valence-corrected chi connectivity index (χ4v) is 4.62. The van der Waals surface area contributed by atoms with Gasteiger partial charge in [-0.05, 0) is 45.1 Å². The molecule has 0 aromatic carbocycles. The van der Waals surface area contributed by atoms with Crippen LogP contribution in [0.25, 0.3) is 0 Å². The van der Waals surface area contributed by atoms with Crippen LogP contribution in [0, 0.1) is 0 Å². The third-order valence-corrected chi connectivity index (χ3v) is 5.89. The van der Waals surface area contributed by atoms with E-state index in [9.17, 15) is 9.59 Å². The van der Waals surface area contributed by atoms with Crippen LogP contribution < -0.4 is 14.8 Å². The summed E-state index contributed by atoms with van der Waals surface area (Å²) < 4.78 is 7.26. The van der Waals surface area contributed by atoms with E-state index >= 15 is 0 Å². The number of carbonyl (C=O) groups excluding carboxylic acids is 2. The van der Waals surface area contributed by atoms with Crippen LogP contribution in [-0.4, -0.2) is 32.1 Å². The number of carbonyl (C=O) groups is 2. The maximum Gasteiger partial charge on any atom is 0.341 e. The van der Waals surface area contributed by atoms with Gasteiger partial charge in [-0.15, -0.1) is 11.3 Å². The van der Waals surface area contributed by atoms with Gasteiger partial charge in [-0.2, -0.15) is 4.57 Å². The zero-order valence-corrected chi connectivity index (χ0v) is 17.8. The van der Waals surface area contributed by atoms with E-state index < -0.39 is 0 Å². The van der Waals surface area contributed by atoms with Gasteiger partial charge in [0, 0.05) is 36.8 Å². The summed E-state index contributed by atoms with van der Waals surface area (Å²) in [7, 11) is 3.95. The second-order valence-electron chi connectivity index (χ2n) is 7.54. The van der Waals surface area contributed by atoms with Gasteiger partial charge in [-0.25, -0.2) is 4.79 Å². The molecule has 2 heterocycles. The number of nitrogens with zero attached hydrogens (tertiary/aromatic N) is 2. The Bertz CT molecular complexity index is 857. The van der Waals surface area contributed by atoms with Gasteiger partial charge in [0.2, 0.25) is 6.54 Å². The maximum atomic E-state index is 12.7. The average Bonchev–Trinajstić information content (AvgIpc) is 2.99. The number of fused-ring (bicyclic) bond motifs is 1. The van der Waals surface area contributed by atoms with Gasteiger partial charge in [-0.3, -0.25) is 4.79 Å². The lowest BCUT2D eigenvalue weighted by molar-refractivity contribution is -0.684. The Labute approximate surface area is 170 Å². The first-order valence-corrected chi connectivity index (χ1v) is 10.5. The molecule has 0 radical (unpaired) electrons. The Balaban J connectivity index is 1.78. The van der Waals surface area contributed by atoms with Crippen LogP contribution in [0.5, 0.6) is 0 Å². The summed E-state index contributed by atoms with van der Waals surface area (Å²) in [5.74, 6) is -0.493. The summed E-state index contributed by atoms with van der Waals surface area (Å²) in [5, 5.41) is 3.57. The zero-order valence-electron chi connectivity index (χ0n) is 16.9. The molecule has 6 nitrogen and oxygen atoms in total. The van der Waals surface area contributed by atoms with Gasteiger partial charge in [0.15, 0.2) is 12.4 Å². The molecule has 1 N–H and O–H groups in total. The molecule has 1 amide bonds. The summed E-state index contributed by atoms with van der Waals surface area (Å²) >= 11 is 1.51. The number of aryl methyl sites for hydroxylation is 1. The minimum Gasteiger partial charge on any atom is -0.459 e. The molecule has 3 rings (SSSR count). The van der Waals surface area contributed by atoms with E-state index in [1.54, 1.807) is 0 Å². The van der Waals surface area contributed by atoms with Crippen LogP contribution in [0.4, 0.5) is 10.7 Å². The Morgan fingerprint density at radius 1 is 1.21 bits per heavy atom. The predicted molar refractivity (Wildman–Crippen MR) is 111 cm³/mol. The lowest BCUT2D eigenvalue weighted by atomic mass is 9.95. The summed E-state index contributed by atoms with van der Waals surface area (Å²) in [4.78, 5) is 28.5. The smallest absolute Gasteiger partial charge is 0.341 e. The molecule has 0 atom stereocenters. The quantitative estimate of drug-likeness (QED) is 0.595. The first kappa shape index (κ1) is 20.3. The third-order valence-electron chi connectivity index (χ3n) is 4.69. The van der Waals surface area contributed by atoms with E-state index in [0.717, 1.165) is 36.9 Å². The monoisotopic (exact) mass is 402 g/mol. The maximum absolute atomic E-state index is 12.7. The normalized spacial score (nSPS) is 13.2. The van der Waals surface area contributed by atoms with E-state index in [2.05, 4.69) is 5.32 Å². The van der Waals surface area contributed by atoms with Crippen LogP contribution in [-0.2, 0) is 28.9 Å². The molecule has 7 heteroatoms. The summed E-state index contributed by atoms with van der Waals surface area (Å²) in [6.45, 7) is 3.86. The van der Waals surface area contributed by atoms with Gasteiger partial charge in [-0.1, -0.05) is 0 Å². The van der Waals surface area contributed by atoms with Crippen molar-refractivity contribution >= 4 is 33.9 Å². The number of pyridine rings is 1. The highest BCUT2D eigenvalue weighted by molar-refractivity contribution is 7.17. The highest BCUT2D eigenvalue weighted by Gasteiger charge is 2.28. The molecule has 0 bridgehead atoms. The SMILES string of the molecule is CC(C)OC(=O)c1c(NC(=O)C[n+]2ccc(N(C)C)cc2)sc2c1CCCC2. The second-order valence-corrected chi connectivity index (χ2v) is 8.65. The number of anilines is 2. The van der Waals surface area contributed by atoms with Crippen LogP contribution >= 0.6 is 11.3 Å². The molecule has 0 saturated carbocycles. The number of aromatic nitrogens is 1. The molecule has 0 aliphatic heterocycles. The largest absolute Gasteiger partial charge is 0.459 e. The van der Waals surface area contributed by atoms with E-state index in [0.29, 0.717) is 10.6 Å². The number of esters is 1. The average molecular weight is 403 g/mol. The molecule has 2 aromatic heterocycles. The van der Waals surface area contributed by atoms with Gasteiger partial charge in [0.1, 0.15) is 5.00 Å². The number of hydrogen-bond donors (Lipinski definition) is 1. The molecule has 2 aromatic rings. The molecular formula is C21H28N3O3S+. The predicted octanol–water partition coefficient (Wildman–Crippen LogP) is 3.18. The number of hydrogen-bond acceptors (Lipinski definition) is 5. The molecule has 0 saturated heterocycles. The van der Waals surface area contributed by atoms with Crippen molar-refractivity contribution in [2.75, 3.05) is 24.3 Å². The molecule has 28 heavy (non-hydrogen) atoms. The number of rotatable bonds is 6. The van der Waals surface area contributed by atoms with Crippen LogP contribution in [0.1, 0.15) is 47.5 Å². The minimum absolute atomic E-state index is 0.153. The van der Waals surface area contributed by atoms with Gasteiger partial charge >= 0.3 is 5.97 Å². The summed E-state index contributed by atoms with van der Waals surface area (Å²) in [5.41, 5.74) is 2.68. The molecular weight excluding hydrogens is 374 g/mol. The molecule has 0 fully saturated rings. The lowest BCUT2D eigenvalue weighted by Gasteiger charge is -2.14. The minimum atomic E-state index is -0.340. The number of amides is 1. The number of ether oxygens (including phenoxy) is 1. The van der Waals surface area contributed by atoms with Crippen molar-refractivity contribution in [3.63, 3.8) is 0 Å². The van der Waals surface area contributed by atoms with E-state index in [4.69, 9.17) is 4.74 Å². The Hall–Kier alpha value is -2.41. The topological polar surface area (TPSA) is 62.5 Å². The van der Waals surface area contributed by atoms with Crippen molar-refractivity contribution in [1.82, 2.24) is 0 Å². The first-order chi connectivity index (χ1) is 13.3. The Morgan fingerprint density at radius 3 is 2.54 bits per heavy atom. The van der Waals surface area contributed by atoms with Crippen molar-refractivity contribution in [2.24, 2.45) is 0 Å². The number of thiophene rings is 1. The van der Waals surface area contributed by atoms with E-state index in [1.807, 2.05) is 61.9 Å².